The monoisotopic (exact) mass is 637 g/mol. The summed E-state index contributed by atoms with van der Waals surface area (Å²) in [5.74, 6) is -2.92. The number of amidine groups is 1. The Bertz CT molecular complexity index is 1490. The number of carbonyl (C=O) groups is 4. The highest BCUT2D eigenvalue weighted by molar-refractivity contribution is 5.95. The highest BCUT2D eigenvalue weighted by Crippen LogP contribution is 2.46. The first-order valence-electron chi connectivity index (χ1n) is 15.3. The van der Waals surface area contributed by atoms with Crippen LogP contribution in [0, 0.1) is 5.41 Å². The van der Waals surface area contributed by atoms with Crippen LogP contribution in [-0.4, -0.2) is 96.8 Å². The Morgan fingerprint density at radius 2 is 1.76 bits per heavy atom. The molecule has 2 aromatic carbocycles. The average molecular weight is 638 g/mol. The first kappa shape index (κ1) is 34.0. The molecule has 1 saturated heterocycles. The van der Waals surface area contributed by atoms with Crippen LogP contribution in [0.2, 0.25) is 0 Å². The summed E-state index contributed by atoms with van der Waals surface area (Å²) < 4.78 is 5.04. The van der Waals surface area contributed by atoms with Crippen molar-refractivity contribution < 1.29 is 34.1 Å². The molecule has 1 fully saturated rings. The quantitative estimate of drug-likeness (QED) is 0.0847. The molecule has 14 heteroatoms. The number of amides is 1. The topological polar surface area (TPSA) is 210 Å². The first-order valence-corrected chi connectivity index (χ1v) is 15.3. The maximum atomic E-state index is 14.2. The van der Waals surface area contributed by atoms with Gasteiger partial charge in [-0.15, -0.1) is 0 Å². The van der Waals surface area contributed by atoms with Crippen LogP contribution in [0.4, 0.5) is 17.1 Å². The summed E-state index contributed by atoms with van der Waals surface area (Å²) in [6.07, 6.45) is 0.949. The van der Waals surface area contributed by atoms with Crippen LogP contribution < -0.4 is 26.6 Å². The standard InChI is InChI=1S/C32H43N7O7/c1-4-46-27(44)17-35-18-31(2,30(45)39-13-5-6-14-39)23-11-12-24-28(22(23)15-25(40)41)37-32(38(24)3,16-26(42)43)19-36-21-9-7-20(8-10-21)29(33)34/h7-12,35-37H,4-6,13-19H2,1-3H3,(H3,33,34)(H,40,41)(H,42,43). The molecule has 14 nitrogen and oxygen atoms in total. The minimum Gasteiger partial charge on any atom is -0.481 e. The van der Waals surface area contributed by atoms with Crippen molar-refractivity contribution in [2.24, 2.45) is 5.73 Å². The van der Waals surface area contributed by atoms with Crippen molar-refractivity contribution in [3.63, 3.8) is 0 Å². The molecule has 2 aliphatic rings. The number of likely N-dealkylation sites (tertiary alicyclic amines) is 1. The van der Waals surface area contributed by atoms with Crippen molar-refractivity contribution in [3.8, 4) is 0 Å². The van der Waals surface area contributed by atoms with E-state index in [0.717, 1.165) is 12.8 Å². The van der Waals surface area contributed by atoms with Gasteiger partial charge in [-0.3, -0.25) is 24.6 Å². The smallest absolute Gasteiger partial charge is 0.319 e. The first-order chi connectivity index (χ1) is 21.8. The molecule has 0 saturated carbocycles. The second kappa shape index (κ2) is 14.1. The fraction of sp³-hybridized carbons (Fsp3) is 0.469. The van der Waals surface area contributed by atoms with Gasteiger partial charge in [0.2, 0.25) is 5.91 Å². The Morgan fingerprint density at radius 3 is 2.35 bits per heavy atom. The van der Waals surface area contributed by atoms with Crippen molar-refractivity contribution in [2.75, 3.05) is 61.9 Å². The summed E-state index contributed by atoms with van der Waals surface area (Å²) in [6.45, 7) is 4.84. The molecule has 0 spiro atoms. The Balaban J connectivity index is 1.75. The third-order valence-corrected chi connectivity index (χ3v) is 8.72. The molecular weight excluding hydrogens is 594 g/mol. The fourth-order valence-electron chi connectivity index (χ4n) is 6.29. The zero-order valence-corrected chi connectivity index (χ0v) is 26.4. The molecule has 2 heterocycles. The Kier molecular flexibility index (Phi) is 10.4. The molecule has 0 aliphatic carbocycles. The summed E-state index contributed by atoms with van der Waals surface area (Å²) in [6, 6.07) is 10.3. The largest absolute Gasteiger partial charge is 0.481 e. The number of benzene rings is 2. The van der Waals surface area contributed by atoms with Crippen molar-refractivity contribution in [1.29, 1.82) is 5.41 Å². The lowest BCUT2D eigenvalue weighted by Crippen LogP contribution is -2.55. The van der Waals surface area contributed by atoms with Crippen LogP contribution in [0.3, 0.4) is 0 Å². The van der Waals surface area contributed by atoms with E-state index in [0.29, 0.717) is 46.8 Å². The number of rotatable bonds is 15. The van der Waals surface area contributed by atoms with Crippen molar-refractivity contribution in [1.82, 2.24) is 10.2 Å². The third kappa shape index (κ3) is 7.17. The molecule has 0 radical (unpaired) electrons. The number of nitrogens with one attached hydrogen (secondary N) is 4. The van der Waals surface area contributed by atoms with E-state index < -0.39 is 35.4 Å². The molecule has 2 atom stereocenters. The Labute approximate surface area is 267 Å². The molecule has 8 N–H and O–H groups in total. The highest BCUT2D eigenvalue weighted by Gasteiger charge is 2.47. The SMILES string of the molecule is CCOC(=O)CNCC(C)(C(=O)N1CCCC1)c1ccc2c(c1CC(=O)O)NC(CNc1ccc(C(=N)N)cc1)(CC(=O)O)N2C. The Hall–Kier alpha value is -4.85. The number of carbonyl (C=O) groups excluding carboxylic acids is 2. The maximum Gasteiger partial charge on any atom is 0.319 e. The molecule has 0 bridgehead atoms. The van der Waals surface area contributed by atoms with Crippen LogP contribution >= 0.6 is 0 Å². The van der Waals surface area contributed by atoms with Gasteiger partial charge < -0.3 is 46.4 Å². The number of anilines is 3. The van der Waals surface area contributed by atoms with Gasteiger partial charge in [0.1, 0.15) is 11.5 Å². The van der Waals surface area contributed by atoms with E-state index in [2.05, 4.69) is 16.0 Å². The molecule has 4 rings (SSSR count). The van der Waals surface area contributed by atoms with Gasteiger partial charge in [0.05, 0.1) is 49.3 Å². The lowest BCUT2D eigenvalue weighted by atomic mass is 9.77. The summed E-state index contributed by atoms with van der Waals surface area (Å²) in [7, 11) is 1.74. The lowest BCUT2D eigenvalue weighted by molar-refractivity contribution is -0.142. The van der Waals surface area contributed by atoms with Gasteiger partial charge in [-0.1, -0.05) is 6.07 Å². The van der Waals surface area contributed by atoms with Gasteiger partial charge in [-0.05, 0) is 68.1 Å². The van der Waals surface area contributed by atoms with E-state index in [4.69, 9.17) is 15.9 Å². The van der Waals surface area contributed by atoms with Gasteiger partial charge in [0.15, 0.2) is 0 Å². The third-order valence-electron chi connectivity index (χ3n) is 8.72. The molecule has 2 aromatic rings. The molecule has 1 amide bonds. The fourth-order valence-corrected chi connectivity index (χ4v) is 6.29. The van der Waals surface area contributed by atoms with E-state index >= 15 is 0 Å². The number of nitrogen functional groups attached to an aromatic ring is 1. The zero-order valence-electron chi connectivity index (χ0n) is 26.4. The van der Waals surface area contributed by atoms with Crippen LogP contribution in [0.15, 0.2) is 36.4 Å². The predicted molar refractivity (Wildman–Crippen MR) is 173 cm³/mol. The number of carboxylic acid groups (broad SMARTS) is 2. The van der Waals surface area contributed by atoms with Crippen molar-refractivity contribution in [2.45, 2.75) is 50.6 Å². The van der Waals surface area contributed by atoms with E-state index in [1.165, 1.54) is 0 Å². The number of hydrogen-bond acceptors (Lipinski definition) is 10. The van der Waals surface area contributed by atoms with Crippen LogP contribution in [0.5, 0.6) is 0 Å². The van der Waals surface area contributed by atoms with Crippen LogP contribution in [0.25, 0.3) is 0 Å². The van der Waals surface area contributed by atoms with Crippen LogP contribution in [-0.2, 0) is 35.8 Å². The number of carboxylic acids is 2. The molecule has 46 heavy (non-hydrogen) atoms. The number of hydrogen-bond donors (Lipinski definition) is 7. The second-order valence-corrected chi connectivity index (χ2v) is 11.9. The second-order valence-electron chi connectivity index (χ2n) is 11.9. The summed E-state index contributed by atoms with van der Waals surface area (Å²) >= 11 is 0. The van der Waals surface area contributed by atoms with E-state index in [1.54, 1.807) is 67.1 Å². The zero-order chi connectivity index (χ0) is 33.6. The van der Waals surface area contributed by atoms with Crippen molar-refractivity contribution in [3.05, 3.63) is 53.1 Å². The van der Waals surface area contributed by atoms with Gasteiger partial charge in [0, 0.05) is 37.9 Å². The number of fused-ring (bicyclic) bond motifs is 1. The van der Waals surface area contributed by atoms with E-state index in [1.807, 2.05) is 0 Å². The van der Waals surface area contributed by atoms with E-state index in [-0.39, 0.29) is 44.4 Å². The number of nitrogens with zero attached hydrogens (tertiary/aromatic N) is 2. The van der Waals surface area contributed by atoms with Crippen molar-refractivity contribution >= 4 is 46.7 Å². The average Bonchev–Trinajstić information content (AvgIpc) is 3.63. The normalized spacial score (nSPS) is 18.3. The predicted octanol–water partition coefficient (Wildman–Crippen LogP) is 1.78. The number of likely N-dealkylation sites (N-methyl/N-ethyl adjacent to an activating group) is 1. The number of ether oxygens (including phenoxy) is 1. The minimum absolute atomic E-state index is 0.0421. The number of esters is 1. The molecule has 0 aromatic heterocycles. The van der Waals surface area contributed by atoms with Gasteiger partial charge in [-0.25, -0.2) is 0 Å². The number of nitrogens with two attached hydrogens (primary N) is 1. The van der Waals surface area contributed by atoms with Gasteiger partial charge in [-0.2, -0.15) is 0 Å². The van der Waals surface area contributed by atoms with Gasteiger partial charge in [0.25, 0.3) is 0 Å². The maximum absolute atomic E-state index is 14.2. The Morgan fingerprint density at radius 1 is 1.09 bits per heavy atom. The molecule has 248 valence electrons. The molecule has 2 aliphatic heterocycles. The number of aliphatic carboxylic acids is 2. The molecule has 2 unspecified atom stereocenters. The summed E-state index contributed by atoms with van der Waals surface area (Å²) in [4.78, 5) is 54.3. The van der Waals surface area contributed by atoms with Crippen LogP contribution in [0.1, 0.15) is 49.8 Å². The lowest BCUT2D eigenvalue weighted by Gasteiger charge is -2.37. The summed E-state index contributed by atoms with van der Waals surface area (Å²) in [5.41, 5.74) is 6.17. The summed E-state index contributed by atoms with van der Waals surface area (Å²) in [5, 5.41) is 37.3. The highest BCUT2D eigenvalue weighted by atomic mass is 16.5. The van der Waals surface area contributed by atoms with Gasteiger partial charge >= 0.3 is 17.9 Å². The molecular formula is C32H43N7O7. The minimum atomic E-state index is -1.26. The van der Waals surface area contributed by atoms with E-state index in [9.17, 15) is 29.4 Å².